The van der Waals surface area contributed by atoms with Gasteiger partial charge in [0.1, 0.15) is 5.03 Å². The molecule has 1 aliphatic carbocycles. The van der Waals surface area contributed by atoms with E-state index in [2.05, 4.69) is 29.9 Å². The summed E-state index contributed by atoms with van der Waals surface area (Å²) in [7, 11) is -0.545. The molecule has 23 heavy (non-hydrogen) atoms. The van der Waals surface area contributed by atoms with Crippen LogP contribution in [0.3, 0.4) is 0 Å². The molecule has 0 amide bonds. The molecule has 0 heterocycles. The summed E-state index contributed by atoms with van der Waals surface area (Å²) in [6.07, 6.45) is 13.7. The summed E-state index contributed by atoms with van der Waals surface area (Å²) in [6, 6.07) is 0.326. The maximum atomic E-state index is 13.0. The predicted molar refractivity (Wildman–Crippen MR) is 107 cm³/mol. The Hall–Kier alpha value is -0.870. The van der Waals surface area contributed by atoms with Crippen molar-refractivity contribution >= 4 is 21.8 Å². The van der Waals surface area contributed by atoms with Crippen LogP contribution in [0.2, 0.25) is 0 Å². The van der Waals surface area contributed by atoms with Crippen LogP contribution in [-0.4, -0.2) is 33.7 Å². The van der Waals surface area contributed by atoms with Crippen LogP contribution < -0.4 is 0 Å². The number of rotatable bonds is 5. The molecule has 1 fully saturated rings. The third-order valence-corrected chi connectivity index (χ3v) is 6.48. The maximum Gasteiger partial charge on any atom is 0.128 e. The van der Waals surface area contributed by atoms with Crippen molar-refractivity contribution in [1.82, 2.24) is 4.31 Å². The minimum atomic E-state index is -2.48. The first-order chi connectivity index (χ1) is 11.0. The Morgan fingerprint density at radius 1 is 1.17 bits per heavy atom. The van der Waals surface area contributed by atoms with Gasteiger partial charge in [0.05, 0.1) is 9.71 Å². The van der Waals surface area contributed by atoms with Gasteiger partial charge < -0.3 is 0 Å². The van der Waals surface area contributed by atoms with Crippen molar-refractivity contribution in [1.29, 1.82) is 0 Å². The molecule has 3 atom stereocenters. The first kappa shape index (κ1) is 22.1. The van der Waals surface area contributed by atoms with Crippen LogP contribution in [0.5, 0.6) is 0 Å². The van der Waals surface area contributed by atoms with E-state index in [1.54, 1.807) is 6.21 Å². The molecule has 1 aliphatic rings. The van der Waals surface area contributed by atoms with E-state index in [4.69, 9.17) is 0 Å². The molecule has 4 heteroatoms. The van der Waals surface area contributed by atoms with E-state index in [1.807, 2.05) is 45.1 Å². The Kier molecular flexibility index (Phi) is 11.2. The molecule has 0 aromatic carbocycles. The molecule has 0 aromatic heterocycles. The highest BCUT2D eigenvalue weighted by Crippen LogP contribution is 2.29. The van der Waals surface area contributed by atoms with Crippen molar-refractivity contribution in [3.05, 3.63) is 23.3 Å². The third-order valence-electron chi connectivity index (χ3n) is 4.26. The number of allylic oxidation sites excluding steroid dienone is 3. The second-order valence-electron chi connectivity index (χ2n) is 5.65. The summed E-state index contributed by atoms with van der Waals surface area (Å²) in [6.45, 7) is 9.79. The summed E-state index contributed by atoms with van der Waals surface area (Å²) < 4.78 is 15.0. The minimum absolute atomic E-state index is 0.326. The van der Waals surface area contributed by atoms with E-state index >= 15 is 0 Å². The number of aliphatic imine (C=N–C) groups is 1. The lowest BCUT2D eigenvalue weighted by atomic mass is 10.00. The molecule has 134 valence electrons. The zero-order chi connectivity index (χ0) is 17.9. The number of hydrogen-bond acceptors (Lipinski definition) is 2. The largest absolute Gasteiger partial charge is 0.252 e. The van der Waals surface area contributed by atoms with Crippen molar-refractivity contribution in [3.8, 4) is 0 Å². The predicted octanol–water partition coefficient (Wildman–Crippen LogP) is 5.05. The van der Waals surface area contributed by atoms with Gasteiger partial charge in [-0.2, -0.15) is 0 Å². The van der Waals surface area contributed by atoms with E-state index in [0.29, 0.717) is 17.0 Å². The molecule has 3 nitrogen and oxygen atoms in total. The Balaban J connectivity index is 0.00000232. The van der Waals surface area contributed by atoms with Crippen molar-refractivity contribution in [2.24, 2.45) is 10.9 Å². The Labute approximate surface area is 144 Å². The standard InChI is InChI=1S/C17H30N2OS.C2H6/c1-6-10-15-11-9-12-16(14-13-15)19(4)21(5,20)17(7-2)18-8-3;1-2/h6-8,10,15-16H,5,9,11-14H2,1-4H3;1-2H3/b10-6?,17-7+,18-8-;. The number of hydrogen-bond donors (Lipinski definition) is 0. The molecule has 0 radical (unpaired) electrons. The zero-order valence-electron chi connectivity index (χ0n) is 15.9. The molecular weight excluding hydrogens is 304 g/mol. The van der Waals surface area contributed by atoms with Gasteiger partial charge in [-0.15, -0.1) is 0 Å². The SMILES string of the molecule is C=S(=O)(C(=C/C)/N=C\C)N(C)C1CCCC(C=CC)CC1.CC. The van der Waals surface area contributed by atoms with Crippen LogP contribution in [0.25, 0.3) is 0 Å². The van der Waals surface area contributed by atoms with Crippen LogP contribution in [0, 0.1) is 5.92 Å². The number of nitrogens with zero attached hydrogens (tertiary/aromatic N) is 2. The normalized spacial score (nSPS) is 26.0. The van der Waals surface area contributed by atoms with Gasteiger partial charge in [0, 0.05) is 12.3 Å². The van der Waals surface area contributed by atoms with Crippen LogP contribution in [0.4, 0.5) is 0 Å². The van der Waals surface area contributed by atoms with Gasteiger partial charge in [-0.1, -0.05) is 38.5 Å². The Morgan fingerprint density at radius 3 is 2.35 bits per heavy atom. The highest BCUT2D eigenvalue weighted by molar-refractivity contribution is 8.01. The van der Waals surface area contributed by atoms with E-state index in [0.717, 1.165) is 19.3 Å². The minimum Gasteiger partial charge on any atom is -0.252 e. The fraction of sp³-hybridized carbons (Fsp3) is 0.684. The van der Waals surface area contributed by atoms with Crippen molar-refractivity contribution in [2.75, 3.05) is 7.05 Å². The van der Waals surface area contributed by atoms with E-state index < -0.39 is 9.71 Å². The van der Waals surface area contributed by atoms with Gasteiger partial charge in [-0.25, -0.2) is 8.51 Å². The molecule has 0 saturated heterocycles. The molecule has 0 aromatic rings. The van der Waals surface area contributed by atoms with E-state index in [-0.39, 0.29) is 0 Å². The van der Waals surface area contributed by atoms with Crippen molar-refractivity contribution < 1.29 is 4.21 Å². The van der Waals surface area contributed by atoms with Gasteiger partial charge in [-0.05, 0) is 65.3 Å². The quantitative estimate of drug-likeness (QED) is 0.298. The summed E-state index contributed by atoms with van der Waals surface area (Å²) in [5.41, 5.74) is 0. The third kappa shape index (κ3) is 6.64. The highest BCUT2D eigenvalue weighted by Gasteiger charge is 2.26. The molecule has 0 spiro atoms. The fourth-order valence-electron chi connectivity index (χ4n) is 3.00. The smallest absolute Gasteiger partial charge is 0.128 e. The summed E-state index contributed by atoms with van der Waals surface area (Å²) in [4.78, 5) is 4.24. The van der Waals surface area contributed by atoms with Crippen molar-refractivity contribution in [2.45, 2.75) is 72.8 Å². The summed E-state index contributed by atoms with van der Waals surface area (Å²) in [5, 5.41) is 0.585. The lowest BCUT2D eigenvalue weighted by molar-refractivity contribution is 0.351. The highest BCUT2D eigenvalue weighted by atomic mass is 32.2. The monoisotopic (exact) mass is 340 g/mol. The van der Waals surface area contributed by atoms with E-state index in [1.165, 1.54) is 12.8 Å². The molecule has 0 N–H and O–H groups in total. The van der Waals surface area contributed by atoms with Crippen LogP contribution in [-0.2, 0) is 9.71 Å². The lowest BCUT2D eigenvalue weighted by Gasteiger charge is -2.30. The average molecular weight is 341 g/mol. The summed E-state index contributed by atoms with van der Waals surface area (Å²) in [5.74, 6) is 4.65. The lowest BCUT2D eigenvalue weighted by Crippen LogP contribution is -2.37. The van der Waals surface area contributed by atoms with Gasteiger partial charge in [0.25, 0.3) is 0 Å². The molecule has 0 aliphatic heterocycles. The average Bonchev–Trinajstić information content (AvgIpc) is 2.79. The topological polar surface area (TPSA) is 32.7 Å². The zero-order valence-corrected chi connectivity index (χ0v) is 16.7. The summed E-state index contributed by atoms with van der Waals surface area (Å²) >= 11 is 0. The molecular formula is C19H36N2OS. The molecule has 1 saturated carbocycles. The van der Waals surface area contributed by atoms with Gasteiger partial charge in [0.15, 0.2) is 0 Å². The molecule has 0 bridgehead atoms. The van der Waals surface area contributed by atoms with Gasteiger partial charge >= 0.3 is 0 Å². The maximum absolute atomic E-state index is 13.0. The molecule has 1 rings (SSSR count). The van der Waals surface area contributed by atoms with Crippen molar-refractivity contribution in [3.63, 3.8) is 0 Å². The first-order valence-electron chi connectivity index (χ1n) is 8.85. The van der Waals surface area contributed by atoms with Crippen LogP contribution >= 0.6 is 0 Å². The molecule has 3 unspecified atom stereocenters. The van der Waals surface area contributed by atoms with Crippen LogP contribution in [0.1, 0.15) is 66.7 Å². The Morgan fingerprint density at radius 2 is 1.83 bits per heavy atom. The Bertz CT molecular complexity index is 503. The van der Waals surface area contributed by atoms with E-state index in [9.17, 15) is 4.21 Å². The van der Waals surface area contributed by atoms with Gasteiger partial charge in [-0.3, -0.25) is 4.99 Å². The first-order valence-corrected chi connectivity index (χ1v) is 10.5. The fourth-order valence-corrected chi connectivity index (χ4v) is 4.62. The second-order valence-corrected chi connectivity index (χ2v) is 7.92. The van der Waals surface area contributed by atoms with Gasteiger partial charge in [0.2, 0.25) is 0 Å². The second kappa shape index (κ2) is 11.6. The van der Waals surface area contributed by atoms with Crippen LogP contribution in [0.15, 0.2) is 28.2 Å².